The minimum atomic E-state index is -4.22. The molecule has 0 aromatic heterocycles. The van der Waals surface area contributed by atoms with Gasteiger partial charge in [-0.25, -0.2) is 0 Å². The predicted molar refractivity (Wildman–Crippen MR) is 84.6 cm³/mol. The van der Waals surface area contributed by atoms with Crippen molar-refractivity contribution in [2.45, 2.75) is 11.8 Å². The van der Waals surface area contributed by atoms with E-state index in [9.17, 15) is 23.3 Å². The van der Waals surface area contributed by atoms with E-state index in [4.69, 9.17) is 0 Å². The van der Waals surface area contributed by atoms with Crippen LogP contribution < -0.4 is 0 Å². The molecule has 1 aromatic carbocycles. The lowest BCUT2D eigenvalue weighted by Crippen LogP contribution is -2.10. The fourth-order valence-corrected chi connectivity index (χ4v) is 2.92. The summed E-state index contributed by atoms with van der Waals surface area (Å²) in [7, 11) is -4.22. The highest BCUT2D eigenvalue weighted by molar-refractivity contribution is 9.12. The van der Waals surface area contributed by atoms with Crippen molar-refractivity contribution in [3.05, 3.63) is 56.6 Å². The first-order valence-corrected chi connectivity index (χ1v) is 8.27. The molecule has 0 saturated heterocycles. The highest BCUT2D eigenvalue weighted by Crippen LogP contribution is 2.20. The summed E-state index contributed by atoms with van der Waals surface area (Å²) in [6.07, 6.45) is 2.69. The number of hydrogen-bond acceptors (Lipinski definition) is 7. The van der Waals surface area contributed by atoms with Gasteiger partial charge in [-0.1, -0.05) is 5.16 Å². The van der Waals surface area contributed by atoms with Crippen LogP contribution in [0, 0.1) is 10.1 Å². The number of rotatable bonds is 4. The Balaban J connectivity index is 2.24. The van der Waals surface area contributed by atoms with Crippen molar-refractivity contribution in [1.29, 1.82) is 0 Å². The lowest BCUT2D eigenvalue weighted by atomic mass is 10.1. The van der Waals surface area contributed by atoms with Crippen molar-refractivity contribution < 1.29 is 22.4 Å². The number of nitrogens with zero attached hydrogens (tertiary/aromatic N) is 2. The molecule has 1 aromatic rings. The van der Waals surface area contributed by atoms with Crippen LogP contribution in [0.4, 0.5) is 5.69 Å². The van der Waals surface area contributed by atoms with E-state index in [0.29, 0.717) is 5.57 Å². The Labute approximate surface area is 139 Å². The number of carbonyl (C=O) groups is 1. The Hall–Kier alpha value is -2.33. The smallest absolute Gasteiger partial charge is 0.288 e. The lowest BCUT2D eigenvalue weighted by Gasteiger charge is -2.07. The molecule has 0 fully saturated rings. The second-order valence-corrected chi connectivity index (χ2v) is 6.83. The van der Waals surface area contributed by atoms with Gasteiger partial charge in [0.2, 0.25) is 0 Å². The van der Waals surface area contributed by atoms with Gasteiger partial charge >= 0.3 is 10.1 Å². The SMILES string of the molecule is CC1=C/C(=N\OS(=O)(=O)c2ccc([N+](=O)[O-])cc2)C=C(Br)C1=O. The van der Waals surface area contributed by atoms with Gasteiger partial charge in [-0.05, 0) is 52.7 Å². The zero-order valence-electron chi connectivity index (χ0n) is 11.6. The van der Waals surface area contributed by atoms with Crippen molar-refractivity contribution in [2.24, 2.45) is 5.16 Å². The minimum Gasteiger partial charge on any atom is -0.288 e. The third kappa shape index (κ3) is 3.90. The number of oxime groups is 1. The van der Waals surface area contributed by atoms with Gasteiger partial charge in [0.05, 0.1) is 9.41 Å². The van der Waals surface area contributed by atoms with Crippen LogP contribution in [0.15, 0.2) is 56.5 Å². The molecular weight excluding hydrogens is 392 g/mol. The quantitative estimate of drug-likeness (QED) is 0.435. The molecule has 10 heteroatoms. The highest BCUT2D eigenvalue weighted by Gasteiger charge is 2.19. The van der Waals surface area contributed by atoms with E-state index in [-0.39, 0.29) is 26.6 Å². The minimum absolute atomic E-state index is 0.138. The van der Waals surface area contributed by atoms with Gasteiger partial charge in [-0.3, -0.25) is 19.2 Å². The van der Waals surface area contributed by atoms with Crippen LogP contribution in [0.5, 0.6) is 0 Å². The third-order valence-electron chi connectivity index (χ3n) is 2.79. The zero-order chi connectivity index (χ0) is 17.2. The van der Waals surface area contributed by atoms with E-state index in [1.54, 1.807) is 6.92 Å². The van der Waals surface area contributed by atoms with Crippen molar-refractivity contribution >= 4 is 43.2 Å². The number of ketones is 1. The molecule has 2 rings (SSSR count). The van der Waals surface area contributed by atoms with Gasteiger partial charge < -0.3 is 0 Å². The molecule has 0 amide bonds. The molecule has 120 valence electrons. The molecule has 0 atom stereocenters. The van der Waals surface area contributed by atoms with Crippen LogP contribution in [0.3, 0.4) is 0 Å². The third-order valence-corrected chi connectivity index (χ3v) is 4.50. The van der Waals surface area contributed by atoms with Gasteiger partial charge in [0.25, 0.3) is 5.69 Å². The Morgan fingerprint density at radius 1 is 1.22 bits per heavy atom. The van der Waals surface area contributed by atoms with E-state index in [1.165, 1.54) is 12.2 Å². The molecular formula is C13H9BrN2O6S. The Morgan fingerprint density at radius 3 is 2.35 bits per heavy atom. The molecule has 0 bridgehead atoms. The Bertz CT molecular complexity index is 844. The van der Waals surface area contributed by atoms with E-state index in [0.717, 1.165) is 24.3 Å². The molecule has 0 saturated carbocycles. The first-order valence-electron chi connectivity index (χ1n) is 6.07. The van der Waals surface area contributed by atoms with Gasteiger partial charge in [-0.15, -0.1) is 0 Å². The Morgan fingerprint density at radius 2 is 1.83 bits per heavy atom. The normalized spacial score (nSPS) is 16.8. The van der Waals surface area contributed by atoms with E-state index in [2.05, 4.69) is 25.4 Å². The summed E-state index contributed by atoms with van der Waals surface area (Å²) in [5.41, 5.74) is 0.264. The van der Waals surface area contributed by atoms with Crippen molar-refractivity contribution in [3.8, 4) is 0 Å². The number of benzene rings is 1. The maximum Gasteiger partial charge on any atom is 0.358 e. The maximum atomic E-state index is 12.0. The first kappa shape index (κ1) is 17.0. The summed E-state index contributed by atoms with van der Waals surface area (Å²) in [6.45, 7) is 1.55. The van der Waals surface area contributed by atoms with Gasteiger partial charge in [0, 0.05) is 12.1 Å². The van der Waals surface area contributed by atoms with Crippen LogP contribution in [0.25, 0.3) is 0 Å². The van der Waals surface area contributed by atoms with E-state index < -0.39 is 15.0 Å². The topological polar surface area (TPSA) is 116 Å². The van der Waals surface area contributed by atoms with Crippen molar-refractivity contribution in [2.75, 3.05) is 0 Å². The number of hydrogen-bond donors (Lipinski definition) is 0. The van der Waals surface area contributed by atoms with Crippen LogP contribution in [-0.4, -0.2) is 24.8 Å². The average molecular weight is 401 g/mol. The monoisotopic (exact) mass is 400 g/mol. The number of nitro benzene ring substituents is 1. The standard InChI is InChI=1S/C13H9BrN2O6S/c1-8-6-9(7-12(14)13(8)17)15-22-23(20,21)11-4-2-10(3-5-11)16(18)19/h2-7H,1H3/b15-9+. The molecule has 0 aliphatic heterocycles. The number of carbonyl (C=O) groups excluding carboxylic acids is 1. The molecule has 1 aliphatic carbocycles. The number of nitro groups is 1. The summed E-state index contributed by atoms with van der Waals surface area (Å²) in [5.74, 6) is -0.234. The summed E-state index contributed by atoms with van der Waals surface area (Å²) >= 11 is 3.04. The predicted octanol–water partition coefficient (Wildman–Crippen LogP) is 2.46. The molecule has 0 unspecified atom stereocenters. The second kappa shape index (κ2) is 6.42. The van der Waals surface area contributed by atoms with Crippen LogP contribution >= 0.6 is 15.9 Å². The molecule has 1 aliphatic rings. The van der Waals surface area contributed by atoms with Gasteiger partial charge in [0.1, 0.15) is 10.6 Å². The fraction of sp³-hybridized carbons (Fsp3) is 0.0769. The first-order chi connectivity index (χ1) is 10.7. The Kier molecular flexibility index (Phi) is 4.76. The summed E-state index contributed by atoms with van der Waals surface area (Å²) < 4.78 is 28.7. The maximum absolute atomic E-state index is 12.0. The number of halogens is 1. The zero-order valence-corrected chi connectivity index (χ0v) is 14.0. The molecule has 0 radical (unpaired) electrons. The van der Waals surface area contributed by atoms with Crippen LogP contribution in [-0.2, 0) is 19.2 Å². The summed E-state index contributed by atoms with van der Waals surface area (Å²) in [4.78, 5) is 21.1. The molecule has 8 nitrogen and oxygen atoms in total. The van der Waals surface area contributed by atoms with Crippen LogP contribution in [0.1, 0.15) is 6.92 Å². The molecule has 23 heavy (non-hydrogen) atoms. The van der Waals surface area contributed by atoms with E-state index >= 15 is 0 Å². The number of allylic oxidation sites excluding steroid dienone is 4. The summed E-state index contributed by atoms with van der Waals surface area (Å²) in [5, 5.41) is 14.0. The summed E-state index contributed by atoms with van der Waals surface area (Å²) in [6, 6.07) is 4.18. The van der Waals surface area contributed by atoms with Gasteiger partial charge in [0.15, 0.2) is 5.78 Å². The van der Waals surface area contributed by atoms with Crippen molar-refractivity contribution in [1.82, 2.24) is 0 Å². The second-order valence-electron chi connectivity index (χ2n) is 4.44. The lowest BCUT2D eigenvalue weighted by molar-refractivity contribution is -0.384. The number of Topliss-reactive ketones (excluding diaryl/α,β-unsaturated/α-hetero) is 1. The number of non-ortho nitro benzene ring substituents is 1. The van der Waals surface area contributed by atoms with E-state index in [1.807, 2.05) is 0 Å². The fourth-order valence-electron chi connectivity index (χ4n) is 1.64. The average Bonchev–Trinajstić information content (AvgIpc) is 2.50. The van der Waals surface area contributed by atoms with Gasteiger partial charge in [-0.2, -0.15) is 8.42 Å². The van der Waals surface area contributed by atoms with Crippen LogP contribution in [0.2, 0.25) is 0 Å². The van der Waals surface area contributed by atoms with Crippen molar-refractivity contribution in [3.63, 3.8) is 0 Å². The highest BCUT2D eigenvalue weighted by atomic mass is 79.9. The largest absolute Gasteiger partial charge is 0.358 e. The molecule has 0 spiro atoms. The molecule has 0 heterocycles. The molecule has 0 N–H and O–H groups in total.